The lowest BCUT2D eigenvalue weighted by atomic mass is 10.1. The van der Waals surface area contributed by atoms with Crippen LogP contribution in [0.25, 0.3) is 0 Å². The molecule has 0 saturated heterocycles. The lowest BCUT2D eigenvalue weighted by Crippen LogP contribution is -2.06. The molecule has 0 saturated carbocycles. The van der Waals surface area contributed by atoms with Gasteiger partial charge in [0.1, 0.15) is 17.6 Å². The Labute approximate surface area is 106 Å². The number of nitriles is 1. The fraction of sp³-hybridized carbons (Fsp3) is 0.133. The number of hydrogen-bond acceptors (Lipinski definition) is 3. The van der Waals surface area contributed by atoms with Gasteiger partial charge in [-0.3, -0.25) is 0 Å². The van der Waals surface area contributed by atoms with Crippen LogP contribution in [0.15, 0.2) is 48.5 Å². The van der Waals surface area contributed by atoms with Crippen molar-refractivity contribution in [1.82, 2.24) is 0 Å². The maximum absolute atomic E-state index is 9.02. The maximum atomic E-state index is 9.02. The van der Waals surface area contributed by atoms with E-state index in [-0.39, 0.29) is 6.04 Å². The smallest absolute Gasteiger partial charge is 0.145 e. The topological polar surface area (TPSA) is 59.0 Å². The zero-order valence-corrected chi connectivity index (χ0v) is 10.1. The van der Waals surface area contributed by atoms with Crippen LogP contribution in [-0.4, -0.2) is 0 Å². The standard InChI is InChI=1S/C15H14N2O/c1-11(17)13-7-3-5-9-15(13)18-14-8-4-2-6-12(14)10-16/h2-9,11H,17H2,1H3. The average Bonchev–Trinajstić information content (AvgIpc) is 2.40. The van der Waals surface area contributed by atoms with Crippen LogP contribution in [0, 0.1) is 11.3 Å². The summed E-state index contributed by atoms with van der Waals surface area (Å²) in [5, 5.41) is 9.02. The van der Waals surface area contributed by atoms with E-state index >= 15 is 0 Å². The highest BCUT2D eigenvalue weighted by molar-refractivity contribution is 5.47. The molecule has 3 nitrogen and oxygen atoms in total. The van der Waals surface area contributed by atoms with Crippen LogP contribution in [0.2, 0.25) is 0 Å². The van der Waals surface area contributed by atoms with Crippen LogP contribution >= 0.6 is 0 Å². The molecule has 0 bridgehead atoms. The molecular formula is C15H14N2O. The van der Waals surface area contributed by atoms with Crippen LogP contribution in [0.3, 0.4) is 0 Å². The van der Waals surface area contributed by atoms with Crippen molar-refractivity contribution in [3.63, 3.8) is 0 Å². The van der Waals surface area contributed by atoms with Crippen LogP contribution in [-0.2, 0) is 0 Å². The quantitative estimate of drug-likeness (QED) is 0.891. The molecule has 0 radical (unpaired) electrons. The normalized spacial score (nSPS) is 11.6. The molecule has 90 valence electrons. The molecule has 0 aliphatic carbocycles. The van der Waals surface area contributed by atoms with E-state index in [9.17, 15) is 0 Å². The Bertz CT molecular complexity index is 585. The summed E-state index contributed by atoms with van der Waals surface area (Å²) in [6.45, 7) is 1.90. The van der Waals surface area contributed by atoms with E-state index in [4.69, 9.17) is 15.7 Å². The molecular weight excluding hydrogens is 224 g/mol. The Hall–Kier alpha value is -2.31. The third kappa shape index (κ3) is 2.50. The van der Waals surface area contributed by atoms with E-state index in [1.54, 1.807) is 12.1 Å². The zero-order chi connectivity index (χ0) is 13.0. The van der Waals surface area contributed by atoms with E-state index in [2.05, 4.69) is 6.07 Å². The van der Waals surface area contributed by atoms with Gasteiger partial charge in [-0.05, 0) is 25.1 Å². The third-order valence-corrected chi connectivity index (χ3v) is 2.64. The van der Waals surface area contributed by atoms with Crippen molar-refractivity contribution in [2.75, 3.05) is 0 Å². The van der Waals surface area contributed by atoms with Gasteiger partial charge in [-0.15, -0.1) is 0 Å². The van der Waals surface area contributed by atoms with E-state index in [1.807, 2.05) is 43.3 Å². The Kier molecular flexibility index (Phi) is 3.61. The summed E-state index contributed by atoms with van der Waals surface area (Å²) in [5.41, 5.74) is 7.33. The van der Waals surface area contributed by atoms with Gasteiger partial charge in [0.25, 0.3) is 0 Å². The number of para-hydroxylation sites is 2. The molecule has 2 rings (SSSR count). The summed E-state index contributed by atoms with van der Waals surface area (Å²) in [4.78, 5) is 0. The molecule has 2 N–H and O–H groups in total. The van der Waals surface area contributed by atoms with Crippen molar-refractivity contribution in [3.8, 4) is 17.6 Å². The number of hydrogen-bond donors (Lipinski definition) is 1. The van der Waals surface area contributed by atoms with Crippen molar-refractivity contribution in [2.45, 2.75) is 13.0 Å². The summed E-state index contributed by atoms with van der Waals surface area (Å²) < 4.78 is 5.79. The molecule has 2 aromatic rings. The lowest BCUT2D eigenvalue weighted by molar-refractivity contribution is 0.470. The van der Waals surface area contributed by atoms with E-state index in [0.29, 0.717) is 17.1 Å². The second-order valence-corrected chi connectivity index (χ2v) is 4.04. The SMILES string of the molecule is CC(N)c1ccccc1Oc1ccccc1C#N. The number of benzene rings is 2. The van der Waals surface area contributed by atoms with E-state index in [0.717, 1.165) is 5.56 Å². The summed E-state index contributed by atoms with van der Waals surface area (Å²) in [6, 6.07) is 16.7. The highest BCUT2D eigenvalue weighted by atomic mass is 16.5. The van der Waals surface area contributed by atoms with Gasteiger partial charge in [0, 0.05) is 11.6 Å². The second-order valence-electron chi connectivity index (χ2n) is 4.04. The van der Waals surface area contributed by atoms with Crippen LogP contribution in [0.4, 0.5) is 0 Å². The van der Waals surface area contributed by atoms with Gasteiger partial charge in [0.05, 0.1) is 5.56 Å². The molecule has 2 aromatic carbocycles. The molecule has 0 aliphatic heterocycles. The molecule has 0 aliphatic rings. The molecule has 0 amide bonds. The summed E-state index contributed by atoms with van der Waals surface area (Å²) in [7, 11) is 0. The summed E-state index contributed by atoms with van der Waals surface area (Å²) in [5.74, 6) is 1.24. The van der Waals surface area contributed by atoms with Crippen molar-refractivity contribution in [1.29, 1.82) is 5.26 Å². The van der Waals surface area contributed by atoms with Gasteiger partial charge in [-0.25, -0.2) is 0 Å². The Morgan fingerprint density at radius 2 is 1.67 bits per heavy atom. The van der Waals surface area contributed by atoms with Gasteiger partial charge >= 0.3 is 0 Å². The maximum Gasteiger partial charge on any atom is 0.145 e. The van der Waals surface area contributed by atoms with E-state index < -0.39 is 0 Å². The largest absolute Gasteiger partial charge is 0.456 e. The lowest BCUT2D eigenvalue weighted by Gasteiger charge is -2.14. The second kappa shape index (κ2) is 5.35. The minimum Gasteiger partial charge on any atom is -0.456 e. The van der Waals surface area contributed by atoms with Gasteiger partial charge in [0.15, 0.2) is 0 Å². The first-order chi connectivity index (χ1) is 8.72. The van der Waals surface area contributed by atoms with Crippen molar-refractivity contribution < 1.29 is 4.74 Å². The van der Waals surface area contributed by atoms with Gasteiger partial charge in [-0.1, -0.05) is 30.3 Å². The molecule has 1 atom stereocenters. The van der Waals surface area contributed by atoms with E-state index in [1.165, 1.54) is 0 Å². The fourth-order valence-corrected chi connectivity index (χ4v) is 1.72. The first kappa shape index (κ1) is 12.2. The minimum absolute atomic E-state index is 0.115. The third-order valence-electron chi connectivity index (χ3n) is 2.64. The Morgan fingerprint density at radius 3 is 2.33 bits per heavy atom. The van der Waals surface area contributed by atoms with Crippen molar-refractivity contribution >= 4 is 0 Å². The minimum atomic E-state index is -0.115. The monoisotopic (exact) mass is 238 g/mol. The first-order valence-electron chi connectivity index (χ1n) is 5.74. The highest BCUT2D eigenvalue weighted by Crippen LogP contribution is 2.30. The van der Waals surface area contributed by atoms with Crippen LogP contribution in [0.5, 0.6) is 11.5 Å². The van der Waals surface area contributed by atoms with Gasteiger partial charge in [0.2, 0.25) is 0 Å². The average molecular weight is 238 g/mol. The number of ether oxygens (including phenoxy) is 1. The molecule has 0 aromatic heterocycles. The Balaban J connectivity index is 2.38. The Morgan fingerprint density at radius 1 is 1.06 bits per heavy atom. The van der Waals surface area contributed by atoms with Gasteiger partial charge in [-0.2, -0.15) is 5.26 Å². The summed E-state index contributed by atoms with van der Waals surface area (Å²) in [6.07, 6.45) is 0. The molecule has 0 fully saturated rings. The molecule has 0 heterocycles. The molecule has 18 heavy (non-hydrogen) atoms. The van der Waals surface area contributed by atoms with Crippen molar-refractivity contribution in [2.24, 2.45) is 5.73 Å². The first-order valence-corrected chi connectivity index (χ1v) is 5.74. The van der Waals surface area contributed by atoms with Gasteiger partial charge < -0.3 is 10.5 Å². The van der Waals surface area contributed by atoms with Crippen LogP contribution < -0.4 is 10.5 Å². The number of nitrogens with two attached hydrogens (primary N) is 1. The predicted molar refractivity (Wildman–Crippen MR) is 70.3 cm³/mol. The number of rotatable bonds is 3. The number of nitrogens with zero attached hydrogens (tertiary/aromatic N) is 1. The molecule has 3 heteroatoms. The molecule has 1 unspecified atom stereocenters. The molecule has 0 spiro atoms. The van der Waals surface area contributed by atoms with Crippen molar-refractivity contribution in [3.05, 3.63) is 59.7 Å². The van der Waals surface area contributed by atoms with Crippen LogP contribution in [0.1, 0.15) is 24.1 Å². The fourth-order valence-electron chi connectivity index (χ4n) is 1.72. The zero-order valence-electron chi connectivity index (χ0n) is 10.1. The predicted octanol–water partition coefficient (Wildman–Crippen LogP) is 3.37. The highest BCUT2D eigenvalue weighted by Gasteiger charge is 2.09. The summed E-state index contributed by atoms with van der Waals surface area (Å²) >= 11 is 0.